The maximum atomic E-state index is 12.2. The van der Waals surface area contributed by atoms with Gasteiger partial charge in [-0.2, -0.15) is 0 Å². The van der Waals surface area contributed by atoms with Crippen molar-refractivity contribution in [3.8, 4) is 5.75 Å². The van der Waals surface area contributed by atoms with Crippen LogP contribution in [0.5, 0.6) is 5.75 Å². The topological polar surface area (TPSA) is 93.7 Å². The fourth-order valence-electron chi connectivity index (χ4n) is 2.31. The number of halogens is 1. The van der Waals surface area contributed by atoms with E-state index in [9.17, 15) is 14.4 Å². The molecule has 0 atom stereocenters. The molecule has 0 aromatic heterocycles. The number of para-hydroxylation sites is 1. The van der Waals surface area contributed by atoms with Gasteiger partial charge < -0.3 is 20.1 Å². The molecule has 8 heteroatoms. The van der Waals surface area contributed by atoms with Gasteiger partial charge >= 0.3 is 5.97 Å². The van der Waals surface area contributed by atoms with Crippen molar-refractivity contribution in [2.24, 2.45) is 0 Å². The lowest BCUT2D eigenvalue weighted by Crippen LogP contribution is -2.32. The number of carbonyl (C=O) groups excluding carboxylic acids is 3. The van der Waals surface area contributed by atoms with Crippen LogP contribution in [-0.4, -0.2) is 37.5 Å². The normalized spacial score (nSPS) is 10.1. The molecule has 0 fully saturated rings. The number of ether oxygens (including phenoxy) is 2. The van der Waals surface area contributed by atoms with Crippen LogP contribution in [0.15, 0.2) is 42.5 Å². The molecular weight excluding hydrogens is 384 g/mol. The van der Waals surface area contributed by atoms with Gasteiger partial charge in [-0.3, -0.25) is 14.4 Å². The van der Waals surface area contributed by atoms with Crippen LogP contribution in [-0.2, 0) is 14.3 Å². The van der Waals surface area contributed by atoms with Crippen molar-refractivity contribution in [2.75, 3.05) is 25.1 Å². The predicted octanol–water partition coefficient (Wildman–Crippen LogP) is 2.96. The summed E-state index contributed by atoms with van der Waals surface area (Å²) in [5.74, 6) is -1.29. The quantitative estimate of drug-likeness (QED) is 0.660. The molecule has 0 heterocycles. The second-order valence-corrected chi connectivity index (χ2v) is 6.14. The Morgan fingerprint density at radius 3 is 2.57 bits per heavy atom. The minimum absolute atomic E-state index is 0.311. The Kier molecular flexibility index (Phi) is 7.83. The van der Waals surface area contributed by atoms with Crippen LogP contribution in [0, 0.1) is 6.92 Å². The van der Waals surface area contributed by atoms with E-state index in [2.05, 4.69) is 10.6 Å². The summed E-state index contributed by atoms with van der Waals surface area (Å²) in [6, 6.07) is 11.8. The highest BCUT2D eigenvalue weighted by Crippen LogP contribution is 2.22. The second kappa shape index (κ2) is 10.3. The molecule has 2 amide bonds. The van der Waals surface area contributed by atoms with E-state index in [0.29, 0.717) is 34.2 Å². The first-order valence-electron chi connectivity index (χ1n) is 8.63. The highest BCUT2D eigenvalue weighted by atomic mass is 35.5. The maximum absolute atomic E-state index is 12.2. The number of anilines is 1. The fraction of sp³-hybridized carbons (Fsp3) is 0.250. The van der Waals surface area contributed by atoms with Crippen LogP contribution in [0.1, 0.15) is 22.8 Å². The molecule has 2 aromatic carbocycles. The molecule has 2 rings (SSSR count). The first-order chi connectivity index (χ1) is 13.4. The molecule has 2 N–H and O–H groups in total. The molecule has 0 saturated carbocycles. The van der Waals surface area contributed by atoms with Gasteiger partial charge in [-0.05, 0) is 43.7 Å². The number of esters is 1. The second-order valence-electron chi connectivity index (χ2n) is 5.73. The van der Waals surface area contributed by atoms with Crippen molar-refractivity contribution < 1.29 is 23.9 Å². The Hall–Kier alpha value is -3.06. The molecule has 148 valence electrons. The molecule has 0 spiro atoms. The average Bonchev–Trinajstić information content (AvgIpc) is 2.68. The number of amides is 2. The lowest BCUT2D eigenvalue weighted by molar-refractivity contribution is -0.146. The lowest BCUT2D eigenvalue weighted by atomic mass is 10.2. The summed E-state index contributed by atoms with van der Waals surface area (Å²) in [4.78, 5) is 35.9. The highest BCUT2D eigenvalue weighted by molar-refractivity contribution is 6.31. The van der Waals surface area contributed by atoms with Gasteiger partial charge in [0.15, 0.2) is 6.61 Å². The van der Waals surface area contributed by atoms with Gasteiger partial charge in [0.05, 0.1) is 12.2 Å². The van der Waals surface area contributed by atoms with Crippen LogP contribution < -0.4 is 15.4 Å². The van der Waals surface area contributed by atoms with E-state index >= 15 is 0 Å². The van der Waals surface area contributed by atoms with Crippen molar-refractivity contribution in [2.45, 2.75) is 13.8 Å². The maximum Gasteiger partial charge on any atom is 0.325 e. The number of nitrogens with one attached hydrogen (secondary N) is 2. The molecule has 0 saturated heterocycles. The fourth-order valence-corrected chi connectivity index (χ4v) is 2.48. The molecular formula is C20H21ClN2O5. The molecule has 28 heavy (non-hydrogen) atoms. The monoisotopic (exact) mass is 404 g/mol. The van der Waals surface area contributed by atoms with Gasteiger partial charge in [0.25, 0.3) is 11.8 Å². The van der Waals surface area contributed by atoms with E-state index in [-0.39, 0.29) is 6.54 Å². The standard InChI is InChI=1S/C20H21ClN2O5/c1-3-27-17-10-5-4-7-14(17)20(26)22-11-19(25)28-12-18(24)23-16-9-6-8-15(21)13(16)2/h4-10H,3,11-12H2,1-2H3,(H,22,26)(H,23,24). The van der Waals surface area contributed by atoms with Crippen LogP contribution >= 0.6 is 11.6 Å². The molecule has 0 radical (unpaired) electrons. The Morgan fingerprint density at radius 2 is 1.82 bits per heavy atom. The Bertz CT molecular complexity index is 869. The van der Waals surface area contributed by atoms with Gasteiger partial charge in [0.1, 0.15) is 12.3 Å². The number of benzene rings is 2. The number of hydrogen-bond donors (Lipinski definition) is 2. The average molecular weight is 405 g/mol. The van der Waals surface area contributed by atoms with Crippen LogP contribution in [0.25, 0.3) is 0 Å². The van der Waals surface area contributed by atoms with Crippen LogP contribution in [0.2, 0.25) is 5.02 Å². The van der Waals surface area contributed by atoms with E-state index in [1.165, 1.54) is 0 Å². The third-order valence-electron chi connectivity index (χ3n) is 3.73. The Balaban J connectivity index is 1.80. The zero-order valence-electron chi connectivity index (χ0n) is 15.6. The number of hydrogen-bond acceptors (Lipinski definition) is 5. The first-order valence-corrected chi connectivity index (χ1v) is 9.00. The smallest absolute Gasteiger partial charge is 0.325 e. The third kappa shape index (κ3) is 5.99. The van der Waals surface area contributed by atoms with E-state index in [1.54, 1.807) is 49.4 Å². The van der Waals surface area contributed by atoms with Crippen LogP contribution in [0.4, 0.5) is 5.69 Å². The van der Waals surface area contributed by atoms with Crippen LogP contribution in [0.3, 0.4) is 0 Å². The molecule has 7 nitrogen and oxygen atoms in total. The Morgan fingerprint density at radius 1 is 1.07 bits per heavy atom. The summed E-state index contributed by atoms with van der Waals surface area (Å²) < 4.78 is 10.3. The molecule has 0 aliphatic carbocycles. The van der Waals surface area contributed by atoms with Crippen molar-refractivity contribution in [1.29, 1.82) is 0 Å². The van der Waals surface area contributed by atoms with E-state index in [4.69, 9.17) is 21.1 Å². The minimum Gasteiger partial charge on any atom is -0.493 e. The summed E-state index contributed by atoms with van der Waals surface area (Å²) in [7, 11) is 0. The molecule has 0 aliphatic heterocycles. The molecule has 2 aromatic rings. The number of carbonyl (C=O) groups is 3. The predicted molar refractivity (Wildman–Crippen MR) is 106 cm³/mol. The summed E-state index contributed by atoms with van der Waals surface area (Å²) in [5.41, 5.74) is 1.56. The summed E-state index contributed by atoms with van der Waals surface area (Å²) in [6.45, 7) is 3.13. The third-order valence-corrected chi connectivity index (χ3v) is 4.14. The zero-order chi connectivity index (χ0) is 20.5. The Labute approximate surface area is 168 Å². The first kappa shape index (κ1) is 21.2. The zero-order valence-corrected chi connectivity index (χ0v) is 16.3. The van der Waals surface area contributed by atoms with Gasteiger partial charge in [-0.1, -0.05) is 29.8 Å². The van der Waals surface area contributed by atoms with Crippen molar-refractivity contribution in [1.82, 2.24) is 5.32 Å². The van der Waals surface area contributed by atoms with Crippen molar-refractivity contribution in [3.63, 3.8) is 0 Å². The van der Waals surface area contributed by atoms with E-state index < -0.39 is 24.4 Å². The van der Waals surface area contributed by atoms with Gasteiger partial charge in [-0.15, -0.1) is 0 Å². The van der Waals surface area contributed by atoms with Gasteiger partial charge in [0, 0.05) is 10.7 Å². The SMILES string of the molecule is CCOc1ccccc1C(=O)NCC(=O)OCC(=O)Nc1cccc(Cl)c1C. The van der Waals surface area contributed by atoms with Gasteiger partial charge in [0.2, 0.25) is 0 Å². The van der Waals surface area contributed by atoms with E-state index in [1.807, 2.05) is 6.92 Å². The molecule has 0 aliphatic rings. The lowest BCUT2D eigenvalue weighted by Gasteiger charge is -2.11. The molecule has 0 unspecified atom stereocenters. The largest absolute Gasteiger partial charge is 0.493 e. The van der Waals surface area contributed by atoms with E-state index in [0.717, 1.165) is 0 Å². The molecule has 0 bridgehead atoms. The van der Waals surface area contributed by atoms with Crippen molar-refractivity contribution >= 4 is 35.1 Å². The number of rotatable bonds is 8. The summed E-state index contributed by atoms with van der Waals surface area (Å²) in [5, 5.41) is 5.58. The summed E-state index contributed by atoms with van der Waals surface area (Å²) in [6.07, 6.45) is 0. The minimum atomic E-state index is -0.736. The van der Waals surface area contributed by atoms with Crippen molar-refractivity contribution in [3.05, 3.63) is 58.6 Å². The van der Waals surface area contributed by atoms with Gasteiger partial charge in [-0.25, -0.2) is 0 Å². The summed E-state index contributed by atoms with van der Waals surface area (Å²) >= 11 is 5.99. The highest BCUT2D eigenvalue weighted by Gasteiger charge is 2.14.